The summed E-state index contributed by atoms with van der Waals surface area (Å²) in [6, 6.07) is 11.5. The third kappa shape index (κ3) is 4.67. The van der Waals surface area contributed by atoms with E-state index in [1.165, 1.54) is 16.2 Å². The molecule has 0 saturated carbocycles. The number of thiophene rings is 1. The lowest BCUT2D eigenvalue weighted by Gasteiger charge is -2.37. The van der Waals surface area contributed by atoms with Gasteiger partial charge in [0.25, 0.3) is 5.91 Å². The number of nitrogens with zero attached hydrogens (tertiary/aromatic N) is 2. The first-order valence-electron chi connectivity index (χ1n) is 9.78. The first-order chi connectivity index (χ1) is 13.7. The molecule has 1 aliphatic heterocycles. The largest absolute Gasteiger partial charge is 0.369 e. The lowest BCUT2D eigenvalue weighted by atomic mass is 9.84. The van der Waals surface area contributed by atoms with E-state index >= 15 is 0 Å². The topological polar surface area (TPSA) is 87.8 Å². The molecule has 0 bridgehead atoms. The zero-order valence-corrected chi connectivity index (χ0v) is 18.1. The van der Waals surface area contributed by atoms with Crippen LogP contribution in [0, 0.1) is 5.92 Å². The second-order valence-corrected chi connectivity index (χ2v) is 8.97. The highest BCUT2D eigenvalue weighted by molar-refractivity contribution is 7.12. The first-order valence-corrected chi connectivity index (χ1v) is 10.7. The fraction of sp³-hybridized carbons (Fsp3) is 0.409. The third-order valence-corrected chi connectivity index (χ3v) is 6.54. The molecular formula is C22H28N4O2S. The molecule has 7 heteroatoms. The van der Waals surface area contributed by atoms with Gasteiger partial charge in [-0.05, 0) is 42.3 Å². The van der Waals surface area contributed by atoms with Gasteiger partial charge in [-0.1, -0.05) is 44.2 Å². The summed E-state index contributed by atoms with van der Waals surface area (Å²) in [4.78, 5) is 31.9. The van der Waals surface area contributed by atoms with Gasteiger partial charge in [0.05, 0.1) is 29.4 Å². The molecule has 3 rings (SSSR count). The van der Waals surface area contributed by atoms with Gasteiger partial charge < -0.3 is 11.1 Å². The highest BCUT2D eigenvalue weighted by Gasteiger charge is 2.38. The van der Waals surface area contributed by atoms with E-state index in [0.717, 1.165) is 11.1 Å². The molecule has 2 unspecified atom stereocenters. The summed E-state index contributed by atoms with van der Waals surface area (Å²) in [6.07, 6.45) is 0.331. The Kier molecular flexibility index (Phi) is 6.07. The Bertz CT molecular complexity index is 922. The van der Waals surface area contributed by atoms with Crippen LogP contribution in [0.2, 0.25) is 0 Å². The van der Waals surface area contributed by atoms with Crippen LogP contribution >= 0.6 is 11.3 Å². The van der Waals surface area contributed by atoms with Gasteiger partial charge in [0, 0.05) is 0 Å². The summed E-state index contributed by atoms with van der Waals surface area (Å²) in [5.41, 5.74) is 7.56. The van der Waals surface area contributed by atoms with Crippen LogP contribution in [-0.2, 0) is 11.3 Å². The molecule has 2 amide bonds. The van der Waals surface area contributed by atoms with E-state index in [1.807, 2.05) is 69.5 Å². The first kappa shape index (κ1) is 21.0. The number of hydrogen-bond donors (Lipinski definition) is 2. The van der Waals surface area contributed by atoms with Crippen molar-refractivity contribution in [2.24, 2.45) is 16.6 Å². The fourth-order valence-corrected chi connectivity index (χ4v) is 4.05. The van der Waals surface area contributed by atoms with Crippen LogP contribution in [0.1, 0.15) is 61.0 Å². The Hall–Kier alpha value is -2.67. The van der Waals surface area contributed by atoms with E-state index in [1.54, 1.807) is 0 Å². The number of amides is 2. The highest BCUT2D eigenvalue weighted by Crippen LogP contribution is 2.30. The summed E-state index contributed by atoms with van der Waals surface area (Å²) < 4.78 is 0. The van der Waals surface area contributed by atoms with Crippen LogP contribution in [0.4, 0.5) is 0 Å². The number of aliphatic imine (C=N–C) groups is 1. The van der Waals surface area contributed by atoms with Gasteiger partial charge in [0.2, 0.25) is 5.91 Å². The van der Waals surface area contributed by atoms with E-state index in [0.29, 0.717) is 17.8 Å². The number of hydrogen-bond acceptors (Lipinski definition) is 5. The lowest BCUT2D eigenvalue weighted by Crippen LogP contribution is -2.51. The maximum absolute atomic E-state index is 12.7. The zero-order chi connectivity index (χ0) is 21.2. The van der Waals surface area contributed by atoms with Crippen molar-refractivity contribution in [1.29, 1.82) is 0 Å². The van der Waals surface area contributed by atoms with E-state index in [9.17, 15) is 9.59 Å². The quantitative estimate of drug-likeness (QED) is 0.758. The molecule has 1 aromatic carbocycles. The van der Waals surface area contributed by atoms with Gasteiger partial charge in [-0.15, -0.1) is 11.3 Å². The zero-order valence-electron chi connectivity index (χ0n) is 17.3. The van der Waals surface area contributed by atoms with Gasteiger partial charge in [0.15, 0.2) is 5.96 Å². The molecule has 29 heavy (non-hydrogen) atoms. The molecule has 0 aliphatic carbocycles. The predicted molar refractivity (Wildman–Crippen MR) is 117 cm³/mol. The molecule has 1 aromatic heterocycles. The highest BCUT2D eigenvalue weighted by atomic mass is 32.1. The Labute approximate surface area is 175 Å². The molecule has 0 spiro atoms. The van der Waals surface area contributed by atoms with Crippen LogP contribution in [0.3, 0.4) is 0 Å². The molecule has 2 aromatic rings. The van der Waals surface area contributed by atoms with E-state index < -0.39 is 5.54 Å². The minimum Gasteiger partial charge on any atom is -0.369 e. The molecule has 6 nitrogen and oxygen atoms in total. The summed E-state index contributed by atoms with van der Waals surface area (Å²) in [5, 5.41) is 4.90. The number of nitrogens with one attached hydrogen (secondary N) is 1. The standard InChI is InChI=1S/C22H28N4O2S/c1-14(2)22(4)11-19(27)26(21(23)25-22)12-16-10-18(29-13-16)20(28)24-15(3)17-8-6-5-7-9-17/h5-10,13-15H,11-12H2,1-4H3,(H2,23,25)(H,24,28). The average molecular weight is 413 g/mol. The molecule has 2 atom stereocenters. The Morgan fingerprint density at radius 2 is 2.00 bits per heavy atom. The predicted octanol–water partition coefficient (Wildman–Crippen LogP) is 3.70. The van der Waals surface area contributed by atoms with Gasteiger partial charge in [-0.25, -0.2) is 4.99 Å². The number of guanidine groups is 1. The fourth-order valence-electron chi connectivity index (χ4n) is 3.25. The van der Waals surface area contributed by atoms with Crippen LogP contribution in [0.15, 0.2) is 46.8 Å². The van der Waals surface area contributed by atoms with Gasteiger partial charge in [0.1, 0.15) is 0 Å². The molecular weight excluding hydrogens is 384 g/mol. The minimum absolute atomic E-state index is 0.0383. The lowest BCUT2D eigenvalue weighted by molar-refractivity contribution is -0.130. The van der Waals surface area contributed by atoms with Gasteiger partial charge in [-0.2, -0.15) is 0 Å². The maximum Gasteiger partial charge on any atom is 0.261 e. The minimum atomic E-state index is -0.467. The molecule has 1 aliphatic rings. The van der Waals surface area contributed by atoms with Crippen molar-refractivity contribution in [2.75, 3.05) is 0 Å². The van der Waals surface area contributed by atoms with E-state index in [4.69, 9.17) is 5.73 Å². The second-order valence-electron chi connectivity index (χ2n) is 8.06. The van der Waals surface area contributed by atoms with Gasteiger partial charge in [-0.3, -0.25) is 14.5 Å². The monoisotopic (exact) mass is 412 g/mol. The van der Waals surface area contributed by atoms with Crippen LogP contribution < -0.4 is 11.1 Å². The summed E-state index contributed by atoms with van der Waals surface area (Å²) in [7, 11) is 0. The molecule has 0 saturated heterocycles. The van der Waals surface area contributed by atoms with Crippen LogP contribution in [-0.4, -0.2) is 28.2 Å². The van der Waals surface area contributed by atoms with Crippen LogP contribution in [0.25, 0.3) is 0 Å². The van der Waals surface area contributed by atoms with Crippen LogP contribution in [0.5, 0.6) is 0 Å². The average Bonchev–Trinajstić information content (AvgIpc) is 3.14. The second kappa shape index (κ2) is 8.37. The Balaban J connectivity index is 1.67. The van der Waals surface area contributed by atoms with Crippen molar-refractivity contribution in [3.8, 4) is 0 Å². The molecule has 3 N–H and O–H groups in total. The molecule has 2 heterocycles. The number of rotatable bonds is 6. The smallest absolute Gasteiger partial charge is 0.261 e. The maximum atomic E-state index is 12.7. The van der Waals surface area contributed by atoms with E-state index in [2.05, 4.69) is 10.3 Å². The van der Waals surface area contributed by atoms with E-state index in [-0.39, 0.29) is 29.7 Å². The van der Waals surface area contributed by atoms with Crippen molar-refractivity contribution in [3.05, 3.63) is 57.8 Å². The number of benzene rings is 1. The summed E-state index contributed by atoms with van der Waals surface area (Å²) >= 11 is 1.36. The van der Waals surface area contributed by atoms with Crippen molar-refractivity contribution in [1.82, 2.24) is 10.2 Å². The number of nitrogens with two attached hydrogens (primary N) is 1. The third-order valence-electron chi connectivity index (χ3n) is 5.57. The van der Waals surface area contributed by atoms with Gasteiger partial charge >= 0.3 is 0 Å². The summed E-state index contributed by atoms with van der Waals surface area (Å²) in [5.74, 6) is 0.294. The van der Waals surface area contributed by atoms with Crippen molar-refractivity contribution in [3.63, 3.8) is 0 Å². The molecule has 154 valence electrons. The van der Waals surface area contributed by atoms with Crippen molar-refractivity contribution < 1.29 is 9.59 Å². The number of carbonyl (C=O) groups excluding carboxylic acids is 2. The summed E-state index contributed by atoms with van der Waals surface area (Å²) in [6.45, 7) is 8.32. The molecule has 0 radical (unpaired) electrons. The normalized spacial score (nSPS) is 20.5. The molecule has 0 fully saturated rings. The Morgan fingerprint density at radius 3 is 2.62 bits per heavy atom. The van der Waals surface area contributed by atoms with Crippen molar-refractivity contribution >= 4 is 29.1 Å². The Morgan fingerprint density at radius 1 is 1.31 bits per heavy atom. The number of carbonyl (C=O) groups is 2. The van der Waals surface area contributed by atoms with Crippen molar-refractivity contribution in [2.45, 2.75) is 52.2 Å². The SMILES string of the molecule is CC(NC(=O)c1cc(CN2C(=O)CC(C)(C(C)C)N=C2N)cs1)c1ccccc1.